The Hall–Kier alpha value is -0.390. The summed E-state index contributed by atoms with van der Waals surface area (Å²) in [6, 6.07) is 0. The van der Waals surface area contributed by atoms with Gasteiger partial charge in [0.05, 0.1) is 5.03 Å². The standard InChI is InChI=1S/C7H8Cl2N2O2/c8-4-1-5(9)6(13)7(2-4,3-12)11-10/h1-3,6,11,13H,10H2/t6-,7-/m1/s1. The minimum atomic E-state index is -1.43. The molecule has 1 rings (SSSR count). The normalized spacial score (nSPS) is 33.7. The topological polar surface area (TPSA) is 75.3 Å². The number of hydrogen-bond acceptors (Lipinski definition) is 4. The number of hydrogen-bond donors (Lipinski definition) is 3. The summed E-state index contributed by atoms with van der Waals surface area (Å²) in [6.45, 7) is 0. The first kappa shape index (κ1) is 10.7. The second kappa shape index (κ2) is 3.77. The number of nitrogens with two attached hydrogens (primary N) is 1. The fourth-order valence-corrected chi connectivity index (χ4v) is 1.69. The summed E-state index contributed by atoms with van der Waals surface area (Å²) in [5.74, 6) is 5.13. The van der Waals surface area contributed by atoms with Gasteiger partial charge in [0.2, 0.25) is 0 Å². The van der Waals surface area contributed by atoms with Crippen molar-refractivity contribution < 1.29 is 9.90 Å². The van der Waals surface area contributed by atoms with E-state index >= 15 is 0 Å². The van der Waals surface area contributed by atoms with E-state index in [4.69, 9.17) is 29.0 Å². The summed E-state index contributed by atoms with van der Waals surface area (Å²) in [5, 5.41) is 9.85. The van der Waals surface area contributed by atoms with Crippen molar-refractivity contribution in [1.29, 1.82) is 0 Å². The Morgan fingerprint density at radius 3 is 2.77 bits per heavy atom. The lowest BCUT2D eigenvalue weighted by Crippen LogP contribution is -2.58. The molecule has 13 heavy (non-hydrogen) atoms. The Bertz CT molecular complexity index is 290. The molecule has 0 aliphatic heterocycles. The van der Waals surface area contributed by atoms with E-state index in [1.807, 2.05) is 0 Å². The van der Waals surface area contributed by atoms with E-state index in [9.17, 15) is 9.90 Å². The van der Waals surface area contributed by atoms with Crippen LogP contribution in [0.15, 0.2) is 22.2 Å². The van der Waals surface area contributed by atoms with E-state index < -0.39 is 11.6 Å². The van der Waals surface area contributed by atoms with Crippen LogP contribution in [0.4, 0.5) is 0 Å². The van der Waals surface area contributed by atoms with Crippen LogP contribution in [0.5, 0.6) is 0 Å². The molecule has 1 aliphatic carbocycles. The molecule has 1 aliphatic rings. The van der Waals surface area contributed by atoms with Crippen LogP contribution in [0.1, 0.15) is 0 Å². The molecule has 0 heterocycles. The van der Waals surface area contributed by atoms with Crippen LogP contribution in [-0.4, -0.2) is 23.0 Å². The Kier molecular flexibility index (Phi) is 3.10. The predicted molar refractivity (Wildman–Crippen MR) is 50.0 cm³/mol. The van der Waals surface area contributed by atoms with Gasteiger partial charge in [-0.15, -0.1) is 0 Å². The highest BCUT2D eigenvalue weighted by Crippen LogP contribution is 2.29. The van der Waals surface area contributed by atoms with Gasteiger partial charge < -0.3 is 9.90 Å². The molecule has 4 N–H and O–H groups in total. The monoisotopic (exact) mass is 222 g/mol. The number of carbonyl (C=O) groups excluding carboxylic acids is 1. The van der Waals surface area contributed by atoms with Crippen LogP contribution < -0.4 is 11.3 Å². The maximum absolute atomic E-state index is 10.7. The largest absolute Gasteiger partial charge is 0.385 e. The molecule has 0 amide bonds. The van der Waals surface area contributed by atoms with Crippen molar-refractivity contribution in [2.45, 2.75) is 11.6 Å². The third-order valence-corrected chi connectivity index (χ3v) is 2.35. The summed E-state index contributed by atoms with van der Waals surface area (Å²) >= 11 is 11.3. The number of hydrazine groups is 1. The number of aliphatic hydroxyl groups excluding tert-OH is 1. The summed E-state index contributed by atoms with van der Waals surface area (Å²) in [5.41, 5.74) is 0.746. The maximum atomic E-state index is 10.7. The van der Waals surface area contributed by atoms with Crippen molar-refractivity contribution in [3.8, 4) is 0 Å². The first-order chi connectivity index (χ1) is 6.05. The summed E-state index contributed by atoms with van der Waals surface area (Å²) in [6.07, 6.45) is 1.90. The summed E-state index contributed by atoms with van der Waals surface area (Å²) in [7, 11) is 0. The third kappa shape index (κ3) is 1.77. The first-order valence-electron chi connectivity index (χ1n) is 3.43. The highest BCUT2D eigenvalue weighted by Gasteiger charge is 2.39. The van der Waals surface area contributed by atoms with Crippen LogP contribution in [0.2, 0.25) is 0 Å². The van der Waals surface area contributed by atoms with E-state index in [0.717, 1.165) is 0 Å². The Morgan fingerprint density at radius 2 is 2.31 bits per heavy atom. The van der Waals surface area contributed by atoms with E-state index in [2.05, 4.69) is 5.43 Å². The predicted octanol–water partition coefficient (Wildman–Crippen LogP) is 0.00730. The van der Waals surface area contributed by atoms with E-state index in [-0.39, 0.29) is 10.1 Å². The zero-order valence-corrected chi connectivity index (χ0v) is 8.01. The molecule has 0 aromatic heterocycles. The highest BCUT2D eigenvalue weighted by atomic mass is 35.5. The van der Waals surface area contributed by atoms with Gasteiger partial charge in [0, 0.05) is 5.03 Å². The number of halogens is 2. The Morgan fingerprint density at radius 1 is 1.69 bits per heavy atom. The molecule has 0 radical (unpaired) electrons. The van der Waals surface area contributed by atoms with Crippen molar-refractivity contribution in [1.82, 2.24) is 5.43 Å². The number of nitrogens with one attached hydrogen (secondary N) is 1. The van der Waals surface area contributed by atoms with E-state index in [0.29, 0.717) is 6.29 Å². The van der Waals surface area contributed by atoms with Gasteiger partial charge in [-0.05, 0) is 12.2 Å². The SMILES string of the molecule is NN[C@@]1(C=O)C=C(Cl)C=C(Cl)[C@H]1O. The average Bonchev–Trinajstić information content (AvgIpc) is 2.11. The highest BCUT2D eigenvalue weighted by molar-refractivity contribution is 6.35. The van der Waals surface area contributed by atoms with Gasteiger partial charge >= 0.3 is 0 Å². The van der Waals surface area contributed by atoms with Crippen LogP contribution >= 0.6 is 23.2 Å². The van der Waals surface area contributed by atoms with Crippen molar-refractivity contribution in [2.75, 3.05) is 0 Å². The minimum absolute atomic E-state index is 0.0672. The van der Waals surface area contributed by atoms with Gasteiger partial charge in [0.25, 0.3) is 0 Å². The number of aliphatic hydroxyl groups is 1. The molecule has 0 saturated carbocycles. The molecule has 6 heteroatoms. The molecule has 0 spiro atoms. The fourth-order valence-electron chi connectivity index (χ4n) is 1.04. The molecule has 0 aromatic carbocycles. The van der Waals surface area contributed by atoms with Gasteiger partial charge in [-0.2, -0.15) is 0 Å². The minimum Gasteiger partial charge on any atom is -0.385 e. The van der Waals surface area contributed by atoms with Crippen molar-refractivity contribution in [2.24, 2.45) is 5.84 Å². The van der Waals surface area contributed by atoms with Crippen LogP contribution in [0.3, 0.4) is 0 Å². The number of rotatable bonds is 2. The fraction of sp³-hybridized carbons (Fsp3) is 0.286. The molecule has 0 bridgehead atoms. The first-order valence-corrected chi connectivity index (χ1v) is 4.19. The Balaban J connectivity index is 3.13. The van der Waals surface area contributed by atoms with Gasteiger partial charge in [-0.25, -0.2) is 5.43 Å². The second-order valence-electron chi connectivity index (χ2n) is 2.66. The molecular formula is C7H8Cl2N2O2. The van der Waals surface area contributed by atoms with Gasteiger partial charge in [-0.1, -0.05) is 23.2 Å². The number of allylic oxidation sites excluding steroid dienone is 2. The lowest BCUT2D eigenvalue weighted by molar-refractivity contribution is -0.114. The molecule has 0 fully saturated rings. The lowest BCUT2D eigenvalue weighted by atomic mass is 9.90. The van der Waals surface area contributed by atoms with Crippen LogP contribution in [0, 0.1) is 0 Å². The molecule has 0 unspecified atom stereocenters. The Labute approximate surface area is 85.0 Å². The summed E-state index contributed by atoms with van der Waals surface area (Å²) in [4.78, 5) is 10.7. The van der Waals surface area contributed by atoms with Crippen molar-refractivity contribution in [3.05, 3.63) is 22.2 Å². The zero-order chi connectivity index (χ0) is 10.1. The number of carbonyl (C=O) groups is 1. The molecule has 4 nitrogen and oxygen atoms in total. The molecular weight excluding hydrogens is 215 g/mol. The average molecular weight is 223 g/mol. The van der Waals surface area contributed by atoms with Crippen molar-refractivity contribution >= 4 is 29.5 Å². The van der Waals surface area contributed by atoms with Crippen LogP contribution in [-0.2, 0) is 4.79 Å². The molecule has 2 atom stereocenters. The molecule has 0 aromatic rings. The van der Waals surface area contributed by atoms with E-state index in [1.165, 1.54) is 12.2 Å². The quantitative estimate of drug-likeness (QED) is 0.350. The summed E-state index contributed by atoms with van der Waals surface area (Å²) < 4.78 is 0. The van der Waals surface area contributed by atoms with Gasteiger partial charge in [0.1, 0.15) is 17.9 Å². The maximum Gasteiger partial charge on any atom is 0.148 e. The van der Waals surface area contributed by atoms with Gasteiger partial charge in [0.15, 0.2) is 0 Å². The molecule has 0 saturated heterocycles. The smallest absolute Gasteiger partial charge is 0.148 e. The zero-order valence-electron chi connectivity index (χ0n) is 6.50. The van der Waals surface area contributed by atoms with E-state index in [1.54, 1.807) is 0 Å². The third-order valence-electron chi connectivity index (χ3n) is 1.81. The van der Waals surface area contributed by atoms with Crippen molar-refractivity contribution in [3.63, 3.8) is 0 Å². The lowest BCUT2D eigenvalue weighted by Gasteiger charge is -2.31. The molecule has 72 valence electrons. The van der Waals surface area contributed by atoms with Crippen LogP contribution in [0.25, 0.3) is 0 Å². The van der Waals surface area contributed by atoms with Gasteiger partial charge in [-0.3, -0.25) is 5.84 Å². The number of aldehydes is 1. The second-order valence-corrected chi connectivity index (χ2v) is 3.53.